The lowest BCUT2D eigenvalue weighted by atomic mass is 9.95. The van der Waals surface area contributed by atoms with Gasteiger partial charge in [0.05, 0.1) is 0 Å². The van der Waals surface area contributed by atoms with E-state index in [1.165, 1.54) is 10.7 Å². The number of hydrogen-bond donors (Lipinski definition) is 1. The van der Waals surface area contributed by atoms with Crippen LogP contribution in [0.4, 0.5) is 0 Å². The molecule has 1 rings (SSSR count). The molecule has 0 aliphatic heterocycles. The molecule has 6 heteroatoms. The first-order chi connectivity index (χ1) is 6.05. The standard InChI is InChI=1S/C8H17NO3S.BrH/c1-2-9(13(10,11)12)8-6-4-3-5-7-8;/h8H,2-7H2,1H3,(H,10,11,12);1H. The lowest BCUT2D eigenvalue weighted by molar-refractivity contribution is 0.240. The molecule has 1 aliphatic carbocycles. The lowest BCUT2D eigenvalue weighted by Gasteiger charge is -2.30. The second-order valence-corrected chi connectivity index (χ2v) is 4.84. The number of nitrogens with zero attached hydrogens (tertiary/aromatic N) is 1. The highest BCUT2D eigenvalue weighted by atomic mass is 79.9. The summed E-state index contributed by atoms with van der Waals surface area (Å²) in [6.07, 6.45) is 5.08. The van der Waals surface area contributed by atoms with Crippen molar-refractivity contribution >= 4 is 27.3 Å². The molecule has 0 aromatic heterocycles. The molecular formula is C8H18BrNO3S. The van der Waals surface area contributed by atoms with Gasteiger partial charge in [-0.2, -0.15) is 12.7 Å². The first-order valence-electron chi connectivity index (χ1n) is 4.80. The molecule has 0 aromatic carbocycles. The fourth-order valence-corrected chi connectivity index (χ4v) is 2.89. The van der Waals surface area contributed by atoms with Crippen LogP contribution in [0.3, 0.4) is 0 Å². The minimum absolute atomic E-state index is 0. The third-order valence-corrected chi connectivity index (χ3v) is 3.74. The van der Waals surface area contributed by atoms with Gasteiger partial charge in [0.1, 0.15) is 0 Å². The average Bonchev–Trinajstić information content (AvgIpc) is 2.05. The predicted molar refractivity (Wildman–Crippen MR) is 61.1 cm³/mol. The molecule has 0 atom stereocenters. The van der Waals surface area contributed by atoms with Crippen LogP contribution in [0.5, 0.6) is 0 Å². The van der Waals surface area contributed by atoms with E-state index >= 15 is 0 Å². The molecule has 86 valence electrons. The van der Waals surface area contributed by atoms with E-state index in [2.05, 4.69) is 0 Å². The van der Waals surface area contributed by atoms with Gasteiger partial charge in [0, 0.05) is 12.6 Å². The zero-order valence-corrected chi connectivity index (χ0v) is 10.9. The van der Waals surface area contributed by atoms with Crippen molar-refractivity contribution in [3.63, 3.8) is 0 Å². The van der Waals surface area contributed by atoms with Gasteiger partial charge in [0.2, 0.25) is 0 Å². The fourth-order valence-electron chi connectivity index (χ4n) is 1.98. The quantitative estimate of drug-likeness (QED) is 0.808. The second-order valence-electron chi connectivity index (χ2n) is 3.47. The van der Waals surface area contributed by atoms with Crippen molar-refractivity contribution in [2.75, 3.05) is 6.54 Å². The SMILES string of the molecule is Br.CCN(C1CCCCC1)S(=O)(=O)O. The molecule has 14 heavy (non-hydrogen) atoms. The van der Waals surface area contributed by atoms with E-state index in [1.54, 1.807) is 6.92 Å². The summed E-state index contributed by atoms with van der Waals surface area (Å²) >= 11 is 0. The maximum absolute atomic E-state index is 10.9. The summed E-state index contributed by atoms with van der Waals surface area (Å²) in [4.78, 5) is 0. The average molecular weight is 288 g/mol. The largest absolute Gasteiger partial charge is 0.336 e. The highest BCUT2D eigenvalue weighted by Crippen LogP contribution is 2.23. The zero-order chi connectivity index (χ0) is 9.90. The minimum Gasteiger partial charge on any atom is -0.273 e. The molecule has 4 nitrogen and oxygen atoms in total. The van der Waals surface area contributed by atoms with E-state index in [-0.39, 0.29) is 23.0 Å². The third kappa shape index (κ3) is 3.84. The molecular weight excluding hydrogens is 270 g/mol. The highest BCUT2D eigenvalue weighted by molar-refractivity contribution is 8.93. The molecule has 0 unspecified atom stereocenters. The Bertz CT molecular complexity index is 249. The molecule has 0 bridgehead atoms. The van der Waals surface area contributed by atoms with E-state index in [0.717, 1.165) is 25.7 Å². The Hall–Kier alpha value is 0.350. The lowest BCUT2D eigenvalue weighted by Crippen LogP contribution is -2.40. The molecule has 0 radical (unpaired) electrons. The number of hydrogen-bond acceptors (Lipinski definition) is 2. The van der Waals surface area contributed by atoms with E-state index in [9.17, 15) is 8.42 Å². The van der Waals surface area contributed by atoms with E-state index in [4.69, 9.17) is 4.55 Å². The minimum atomic E-state index is -3.98. The van der Waals surface area contributed by atoms with Crippen LogP contribution >= 0.6 is 17.0 Å². The molecule has 1 N–H and O–H groups in total. The van der Waals surface area contributed by atoms with Gasteiger partial charge in [-0.3, -0.25) is 4.55 Å². The van der Waals surface area contributed by atoms with Gasteiger partial charge in [-0.05, 0) is 12.8 Å². The fraction of sp³-hybridized carbons (Fsp3) is 1.00. The maximum atomic E-state index is 10.9. The van der Waals surface area contributed by atoms with E-state index in [0.29, 0.717) is 6.54 Å². The van der Waals surface area contributed by atoms with Crippen molar-refractivity contribution in [2.45, 2.75) is 45.1 Å². The zero-order valence-electron chi connectivity index (χ0n) is 8.35. The summed E-state index contributed by atoms with van der Waals surface area (Å²) in [6, 6.07) is 0.0220. The van der Waals surface area contributed by atoms with Gasteiger partial charge in [0.15, 0.2) is 0 Å². The van der Waals surface area contributed by atoms with Crippen LogP contribution < -0.4 is 0 Å². The van der Waals surface area contributed by atoms with Crippen molar-refractivity contribution in [2.24, 2.45) is 0 Å². The monoisotopic (exact) mass is 287 g/mol. The van der Waals surface area contributed by atoms with Crippen LogP contribution in [-0.4, -0.2) is 29.9 Å². The van der Waals surface area contributed by atoms with Crippen molar-refractivity contribution in [1.29, 1.82) is 0 Å². The number of rotatable bonds is 3. The molecule has 1 saturated carbocycles. The molecule has 0 amide bonds. The van der Waals surface area contributed by atoms with Crippen LogP contribution in [0.2, 0.25) is 0 Å². The molecule has 1 aliphatic rings. The Morgan fingerprint density at radius 2 is 1.79 bits per heavy atom. The van der Waals surface area contributed by atoms with Crippen molar-refractivity contribution in [3.05, 3.63) is 0 Å². The molecule has 0 aromatic rings. The van der Waals surface area contributed by atoms with Gasteiger partial charge in [-0.15, -0.1) is 17.0 Å². The van der Waals surface area contributed by atoms with Gasteiger partial charge < -0.3 is 0 Å². The first-order valence-corrected chi connectivity index (χ1v) is 6.19. The first kappa shape index (κ1) is 14.3. The van der Waals surface area contributed by atoms with Crippen LogP contribution in [0.25, 0.3) is 0 Å². The molecule has 1 fully saturated rings. The van der Waals surface area contributed by atoms with Gasteiger partial charge in [-0.25, -0.2) is 0 Å². The number of halogens is 1. The maximum Gasteiger partial charge on any atom is 0.336 e. The smallest absolute Gasteiger partial charge is 0.273 e. The second kappa shape index (κ2) is 6.05. The summed E-state index contributed by atoms with van der Waals surface area (Å²) in [5.41, 5.74) is 0. The Labute approximate surface area is 96.3 Å². The molecule has 0 saturated heterocycles. The highest BCUT2D eigenvalue weighted by Gasteiger charge is 2.27. The topological polar surface area (TPSA) is 57.6 Å². The summed E-state index contributed by atoms with van der Waals surface area (Å²) in [5, 5.41) is 0. The Balaban J connectivity index is 0.00000169. The van der Waals surface area contributed by atoms with E-state index < -0.39 is 10.3 Å². The van der Waals surface area contributed by atoms with Crippen molar-refractivity contribution in [3.8, 4) is 0 Å². The molecule has 0 heterocycles. The summed E-state index contributed by atoms with van der Waals surface area (Å²) in [7, 11) is -3.98. The van der Waals surface area contributed by atoms with Gasteiger partial charge in [-0.1, -0.05) is 26.2 Å². The summed E-state index contributed by atoms with van der Waals surface area (Å²) in [5.74, 6) is 0. The normalized spacial score (nSPS) is 19.4. The van der Waals surface area contributed by atoms with Gasteiger partial charge >= 0.3 is 10.3 Å². The summed E-state index contributed by atoms with van der Waals surface area (Å²) < 4.78 is 32.0. The van der Waals surface area contributed by atoms with Crippen molar-refractivity contribution < 1.29 is 13.0 Å². The van der Waals surface area contributed by atoms with Crippen LogP contribution in [-0.2, 0) is 10.3 Å². The van der Waals surface area contributed by atoms with E-state index in [1.807, 2.05) is 0 Å². The predicted octanol–water partition coefficient (Wildman–Crippen LogP) is 2.02. The Kier molecular flexibility index (Phi) is 6.20. The summed E-state index contributed by atoms with van der Waals surface area (Å²) in [6.45, 7) is 2.12. The molecule has 0 spiro atoms. The van der Waals surface area contributed by atoms with Crippen LogP contribution in [0.15, 0.2) is 0 Å². The van der Waals surface area contributed by atoms with Gasteiger partial charge in [0.25, 0.3) is 0 Å². The Morgan fingerprint density at radius 3 is 2.14 bits per heavy atom. The van der Waals surface area contributed by atoms with Crippen molar-refractivity contribution in [1.82, 2.24) is 4.31 Å². The Morgan fingerprint density at radius 1 is 1.29 bits per heavy atom. The van der Waals surface area contributed by atoms with Crippen LogP contribution in [0.1, 0.15) is 39.0 Å². The van der Waals surface area contributed by atoms with Crippen LogP contribution in [0, 0.1) is 0 Å². The third-order valence-electron chi connectivity index (χ3n) is 2.59.